The van der Waals surface area contributed by atoms with Crippen LogP contribution in [0.4, 0.5) is 8.78 Å². The zero-order valence-corrected chi connectivity index (χ0v) is 14.3. The molecule has 0 spiro atoms. The summed E-state index contributed by atoms with van der Waals surface area (Å²) in [6.45, 7) is 8.29. The molecule has 130 valence electrons. The lowest BCUT2D eigenvalue weighted by Gasteiger charge is -2.47. The Kier molecular flexibility index (Phi) is 4.73. The van der Waals surface area contributed by atoms with Gasteiger partial charge in [0.25, 0.3) is 0 Å². The van der Waals surface area contributed by atoms with Crippen LogP contribution in [0, 0.1) is 11.6 Å². The Morgan fingerprint density at radius 2 is 2.08 bits per heavy atom. The van der Waals surface area contributed by atoms with Crippen LogP contribution >= 0.6 is 0 Å². The highest BCUT2D eigenvalue weighted by atomic mass is 19.2. The smallest absolute Gasteiger partial charge is 0.214 e. The number of halogens is 2. The lowest BCUT2D eigenvalue weighted by atomic mass is 10.1. The maximum atomic E-state index is 13.3. The largest absolute Gasteiger partial charge is 0.473 e. The van der Waals surface area contributed by atoms with Gasteiger partial charge in [0.2, 0.25) is 5.90 Å². The van der Waals surface area contributed by atoms with Crippen LogP contribution < -0.4 is 0 Å². The Morgan fingerprint density at radius 1 is 1.29 bits per heavy atom. The van der Waals surface area contributed by atoms with E-state index >= 15 is 0 Å². The molecule has 2 aliphatic heterocycles. The van der Waals surface area contributed by atoms with Crippen molar-refractivity contribution in [2.45, 2.75) is 45.9 Å². The van der Waals surface area contributed by atoms with E-state index in [4.69, 9.17) is 4.74 Å². The average Bonchev–Trinajstić information content (AvgIpc) is 2.55. The molecule has 1 fully saturated rings. The third kappa shape index (κ3) is 3.37. The van der Waals surface area contributed by atoms with E-state index in [9.17, 15) is 8.78 Å². The van der Waals surface area contributed by atoms with E-state index in [0.717, 1.165) is 30.9 Å². The molecule has 2 aliphatic rings. The van der Waals surface area contributed by atoms with Gasteiger partial charge in [0.1, 0.15) is 19.1 Å². The predicted molar refractivity (Wildman–Crippen MR) is 89.3 cm³/mol. The molecule has 1 atom stereocenters. The number of fused-ring (bicyclic) bond motifs is 1. The minimum absolute atomic E-state index is 0.164. The maximum absolute atomic E-state index is 13.3. The van der Waals surface area contributed by atoms with E-state index in [0.29, 0.717) is 30.2 Å². The van der Waals surface area contributed by atoms with Gasteiger partial charge in [-0.05, 0) is 44.9 Å². The van der Waals surface area contributed by atoms with E-state index in [1.165, 1.54) is 6.07 Å². The minimum Gasteiger partial charge on any atom is -0.473 e. The highest BCUT2D eigenvalue weighted by Crippen LogP contribution is 2.27. The van der Waals surface area contributed by atoms with Crippen LogP contribution in [0.5, 0.6) is 0 Å². The highest BCUT2D eigenvalue weighted by Gasteiger charge is 2.31. The Bertz CT molecular complexity index is 672. The molecule has 1 saturated heterocycles. The van der Waals surface area contributed by atoms with Gasteiger partial charge in [0.05, 0.1) is 0 Å². The van der Waals surface area contributed by atoms with Crippen molar-refractivity contribution in [2.75, 3.05) is 13.2 Å². The fraction of sp³-hybridized carbons (Fsp3) is 0.500. The maximum Gasteiger partial charge on any atom is 0.214 e. The second-order valence-electron chi connectivity index (χ2n) is 6.58. The lowest BCUT2D eigenvalue weighted by Crippen LogP contribution is -2.51. The summed E-state index contributed by atoms with van der Waals surface area (Å²) in [5, 5.41) is 0. The molecule has 0 N–H and O–H groups in total. The molecular weight excluding hydrogens is 312 g/mol. The Morgan fingerprint density at radius 3 is 2.79 bits per heavy atom. The van der Waals surface area contributed by atoms with Crippen molar-refractivity contribution in [3.8, 4) is 0 Å². The van der Waals surface area contributed by atoms with Gasteiger partial charge < -0.3 is 14.5 Å². The summed E-state index contributed by atoms with van der Waals surface area (Å²) in [4.78, 5) is 9.05. The van der Waals surface area contributed by atoms with Crippen LogP contribution in [-0.4, -0.2) is 41.0 Å². The molecule has 6 heteroatoms. The minimum atomic E-state index is -0.863. The zero-order valence-electron chi connectivity index (χ0n) is 14.3. The normalized spacial score (nSPS) is 20.7. The number of rotatable bonds is 3. The summed E-state index contributed by atoms with van der Waals surface area (Å²) >= 11 is 0. The first-order valence-electron chi connectivity index (χ1n) is 8.32. The fourth-order valence-electron chi connectivity index (χ4n) is 3.25. The van der Waals surface area contributed by atoms with Gasteiger partial charge in [-0.3, -0.25) is 0 Å². The summed E-state index contributed by atoms with van der Waals surface area (Å²) in [6, 6.07) is 4.64. The second-order valence-corrected chi connectivity index (χ2v) is 6.58. The molecule has 0 bridgehead atoms. The number of hydrogen-bond acceptors (Lipinski definition) is 4. The number of hydrogen-bond donors (Lipinski definition) is 0. The van der Waals surface area contributed by atoms with E-state index in [2.05, 4.69) is 35.6 Å². The Hall–Kier alpha value is -2.11. The highest BCUT2D eigenvalue weighted by molar-refractivity contribution is 5.88. The molecule has 0 saturated carbocycles. The number of nitrogens with zero attached hydrogens (tertiary/aromatic N) is 3. The molecule has 0 radical (unpaired) electrons. The van der Waals surface area contributed by atoms with Crippen LogP contribution in [0.1, 0.15) is 32.8 Å². The van der Waals surface area contributed by atoms with Gasteiger partial charge in [0.15, 0.2) is 11.6 Å². The Labute approximate surface area is 141 Å². The van der Waals surface area contributed by atoms with Crippen molar-refractivity contribution in [3.63, 3.8) is 0 Å². The summed E-state index contributed by atoms with van der Waals surface area (Å²) in [6.07, 6.45) is 3.05. The third-order valence-corrected chi connectivity index (χ3v) is 4.46. The second kappa shape index (κ2) is 6.79. The third-order valence-electron chi connectivity index (χ3n) is 4.46. The molecule has 24 heavy (non-hydrogen) atoms. The first-order chi connectivity index (χ1) is 11.5. The number of aliphatic imine (C=N–C) groups is 1. The monoisotopic (exact) mass is 335 g/mol. The molecule has 3 rings (SSSR count). The van der Waals surface area contributed by atoms with Crippen LogP contribution in [0.15, 0.2) is 35.1 Å². The molecule has 4 nitrogen and oxygen atoms in total. The molecule has 1 aromatic carbocycles. The predicted octanol–water partition coefficient (Wildman–Crippen LogP) is 3.50. The van der Waals surface area contributed by atoms with Crippen molar-refractivity contribution in [1.82, 2.24) is 9.80 Å². The quantitative estimate of drug-likeness (QED) is 0.846. The lowest BCUT2D eigenvalue weighted by molar-refractivity contribution is 0.0852. The van der Waals surface area contributed by atoms with E-state index < -0.39 is 11.6 Å². The van der Waals surface area contributed by atoms with Gasteiger partial charge in [0, 0.05) is 24.7 Å². The summed E-state index contributed by atoms with van der Waals surface area (Å²) in [5.41, 5.74) is 0.579. The summed E-state index contributed by atoms with van der Waals surface area (Å²) in [7, 11) is 0. The van der Waals surface area contributed by atoms with Crippen molar-refractivity contribution < 1.29 is 13.5 Å². The summed E-state index contributed by atoms with van der Waals surface area (Å²) in [5.74, 6) is -0.0571. The standard InChI is InChI=1S/C18H23F2N3O/c1-12(2)23-13(3)6-7-22-11-21-17(9-18(22)23)24-10-14-4-5-15(19)16(20)8-14/h4-5,8-9,12-13H,6-7,10-11H2,1-3H3/t13-/m1/s1. The van der Waals surface area contributed by atoms with Crippen LogP contribution in [0.3, 0.4) is 0 Å². The Balaban J connectivity index is 1.72. The molecule has 0 aliphatic carbocycles. The van der Waals surface area contributed by atoms with E-state index in [-0.39, 0.29) is 6.61 Å². The van der Waals surface area contributed by atoms with Gasteiger partial charge in [-0.1, -0.05) is 6.07 Å². The fourth-order valence-corrected chi connectivity index (χ4v) is 3.25. The first-order valence-corrected chi connectivity index (χ1v) is 8.32. The van der Waals surface area contributed by atoms with Gasteiger partial charge in [-0.25, -0.2) is 13.8 Å². The molecule has 0 amide bonds. The van der Waals surface area contributed by atoms with Crippen LogP contribution in [-0.2, 0) is 11.3 Å². The van der Waals surface area contributed by atoms with Crippen LogP contribution in [0.2, 0.25) is 0 Å². The molecular formula is C18H23F2N3O. The topological polar surface area (TPSA) is 28.1 Å². The van der Waals surface area contributed by atoms with Crippen LogP contribution in [0.25, 0.3) is 0 Å². The molecule has 1 aromatic rings. The van der Waals surface area contributed by atoms with Gasteiger partial charge >= 0.3 is 0 Å². The van der Waals surface area contributed by atoms with Crippen molar-refractivity contribution in [3.05, 3.63) is 47.3 Å². The van der Waals surface area contributed by atoms with Crippen molar-refractivity contribution >= 4 is 5.90 Å². The number of ether oxygens (including phenoxy) is 1. The number of benzene rings is 1. The SMILES string of the molecule is CC(C)N1C2=CC(OCc3ccc(F)c(F)c3)=NCN2CC[C@H]1C. The average molecular weight is 335 g/mol. The van der Waals surface area contributed by atoms with Crippen molar-refractivity contribution in [1.29, 1.82) is 0 Å². The molecule has 2 heterocycles. The summed E-state index contributed by atoms with van der Waals surface area (Å²) < 4.78 is 31.9. The van der Waals surface area contributed by atoms with Gasteiger partial charge in [-0.15, -0.1) is 0 Å². The van der Waals surface area contributed by atoms with E-state index in [1.807, 2.05) is 6.08 Å². The first kappa shape index (κ1) is 16.7. The molecule has 0 unspecified atom stereocenters. The van der Waals surface area contributed by atoms with Crippen molar-refractivity contribution in [2.24, 2.45) is 4.99 Å². The molecule has 0 aromatic heterocycles. The zero-order chi connectivity index (χ0) is 17.3. The van der Waals surface area contributed by atoms with E-state index in [1.54, 1.807) is 0 Å². The van der Waals surface area contributed by atoms with Gasteiger partial charge in [-0.2, -0.15) is 0 Å².